The standard InChI is InChI=1S/C18H19Cl2N5OS/c1-25-18(22-23-24-25)27-9-8-21-11-13-2-6-16(7-3-13)26-12-14-4-5-15(19)10-17(14)20/h2-7,10,21H,8-9,11-12H2,1H3. The van der Waals surface area contributed by atoms with Gasteiger partial charge >= 0.3 is 0 Å². The molecule has 1 N–H and O–H groups in total. The summed E-state index contributed by atoms with van der Waals surface area (Å²) in [7, 11) is 1.83. The largest absolute Gasteiger partial charge is 0.489 e. The molecule has 0 atom stereocenters. The third-order valence-electron chi connectivity index (χ3n) is 3.75. The summed E-state index contributed by atoms with van der Waals surface area (Å²) in [5, 5.41) is 16.8. The SMILES string of the molecule is Cn1nnnc1SCCNCc1ccc(OCc2ccc(Cl)cc2Cl)cc1. The molecular weight excluding hydrogens is 405 g/mol. The maximum absolute atomic E-state index is 6.16. The number of thioether (sulfide) groups is 1. The minimum atomic E-state index is 0.404. The number of aromatic nitrogens is 4. The highest BCUT2D eigenvalue weighted by molar-refractivity contribution is 7.99. The molecule has 0 aliphatic carbocycles. The lowest BCUT2D eigenvalue weighted by molar-refractivity contribution is 0.306. The minimum absolute atomic E-state index is 0.404. The highest BCUT2D eigenvalue weighted by Crippen LogP contribution is 2.23. The summed E-state index contributed by atoms with van der Waals surface area (Å²) in [5.74, 6) is 1.70. The fraction of sp³-hybridized carbons (Fsp3) is 0.278. The first-order chi connectivity index (χ1) is 13.1. The number of hydrogen-bond acceptors (Lipinski definition) is 6. The van der Waals surface area contributed by atoms with Crippen molar-refractivity contribution in [1.82, 2.24) is 25.5 Å². The van der Waals surface area contributed by atoms with Crippen molar-refractivity contribution in [2.45, 2.75) is 18.3 Å². The molecule has 0 radical (unpaired) electrons. The van der Waals surface area contributed by atoms with E-state index in [4.69, 9.17) is 27.9 Å². The van der Waals surface area contributed by atoms with E-state index in [1.165, 1.54) is 5.56 Å². The van der Waals surface area contributed by atoms with Crippen LogP contribution in [0.5, 0.6) is 5.75 Å². The maximum Gasteiger partial charge on any atom is 0.209 e. The van der Waals surface area contributed by atoms with Gasteiger partial charge in [-0.25, -0.2) is 4.68 Å². The second-order valence-electron chi connectivity index (χ2n) is 5.78. The van der Waals surface area contributed by atoms with Crippen LogP contribution in [0.4, 0.5) is 0 Å². The first kappa shape index (κ1) is 19.9. The van der Waals surface area contributed by atoms with Crippen molar-refractivity contribution in [3.05, 3.63) is 63.6 Å². The van der Waals surface area contributed by atoms with Gasteiger partial charge in [-0.2, -0.15) is 0 Å². The normalized spacial score (nSPS) is 10.9. The van der Waals surface area contributed by atoms with Crippen LogP contribution >= 0.6 is 35.0 Å². The van der Waals surface area contributed by atoms with Gasteiger partial charge in [0.05, 0.1) is 0 Å². The van der Waals surface area contributed by atoms with Gasteiger partial charge in [0, 0.05) is 41.5 Å². The van der Waals surface area contributed by atoms with Gasteiger partial charge < -0.3 is 10.1 Å². The van der Waals surface area contributed by atoms with Gasteiger partial charge in [0.2, 0.25) is 5.16 Å². The first-order valence-electron chi connectivity index (χ1n) is 8.33. The maximum atomic E-state index is 6.16. The van der Waals surface area contributed by atoms with Crippen LogP contribution in [-0.4, -0.2) is 32.5 Å². The fourth-order valence-corrected chi connectivity index (χ4v) is 3.50. The molecule has 0 aliphatic heterocycles. The zero-order chi connectivity index (χ0) is 19.1. The van der Waals surface area contributed by atoms with Crippen LogP contribution in [0.25, 0.3) is 0 Å². The zero-order valence-electron chi connectivity index (χ0n) is 14.7. The number of ether oxygens (including phenoxy) is 1. The lowest BCUT2D eigenvalue weighted by Gasteiger charge is -2.09. The molecule has 1 heterocycles. The van der Waals surface area contributed by atoms with E-state index in [1.807, 2.05) is 37.4 Å². The average molecular weight is 424 g/mol. The number of nitrogens with one attached hydrogen (secondary N) is 1. The Morgan fingerprint density at radius 2 is 1.96 bits per heavy atom. The Morgan fingerprint density at radius 3 is 2.67 bits per heavy atom. The molecule has 0 bridgehead atoms. The molecule has 142 valence electrons. The predicted molar refractivity (Wildman–Crippen MR) is 108 cm³/mol. The van der Waals surface area contributed by atoms with Crippen molar-refractivity contribution in [3.63, 3.8) is 0 Å². The van der Waals surface area contributed by atoms with Crippen LogP contribution in [-0.2, 0) is 20.2 Å². The van der Waals surface area contributed by atoms with E-state index in [0.29, 0.717) is 16.7 Å². The van der Waals surface area contributed by atoms with Crippen LogP contribution in [0.1, 0.15) is 11.1 Å². The summed E-state index contributed by atoms with van der Waals surface area (Å²) >= 11 is 13.7. The third-order valence-corrected chi connectivity index (χ3v) is 5.35. The molecule has 0 saturated heterocycles. The van der Waals surface area contributed by atoms with Crippen molar-refractivity contribution in [2.24, 2.45) is 7.05 Å². The topological polar surface area (TPSA) is 64.9 Å². The number of halogens is 2. The van der Waals surface area contributed by atoms with Gasteiger partial charge in [0.15, 0.2) is 0 Å². The Balaban J connectivity index is 1.38. The molecule has 3 aromatic rings. The van der Waals surface area contributed by atoms with E-state index in [-0.39, 0.29) is 0 Å². The van der Waals surface area contributed by atoms with Crippen molar-refractivity contribution in [2.75, 3.05) is 12.3 Å². The monoisotopic (exact) mass is 423 g/mol. The molecule has 0 spiro atoms. The average Bonchev–Trinajstić information content (AvgIpc) is 3.07. The number of rotatable bonds is 9. The summed E-state index contributed by atoms with van der Waals surface area (Å²) in [6.45, 7) is 2.06. The molecular formula is C18H19Cl2N5OS. The van der Waals surface area contributed by atoms with Crippen molar-refractivity contribution >= 4 is 35.0 Å². The van der Waals surface area contributed by atoms with Crippen LogP contribution in [0, 0.1) is 0 Å². The minimum Gasteiger partial charge on any atom is -0.489 e. The van der Waals surface area contributed by atoms with Crippen molar-refractivity contribution in [1.29, 1.82) is 0 Å². The van der Waals surface area contributed by atoms with Gasteiger partial charge in [-0.05, 0) is 40.3 Å². The van der Waals surface area contributed by atoms with E-state index in [9.17, 15) is 0 Å². The summed E-state index contributed by atoms with van der Waals surface area (Å²) in [6.07, 6.45) is 0. The van der Waals surface area contributed by atoms with Crippen molar-refractivity contribution in [3.8, 4) is 5.75 Å². The number of tetrazole rings is 1. The van der Waals surface area contributed by atoms with Crippen LogP contribution in [0.2, 0.25) is 10.0 Å². The molecule has 27 heavy (non-hydrogen) atoms. The van der Waals surface area contributed by atoms with Crippen LogP contribution in [0.3, 0.4) is 0 Å². The zero-order valence-corrected chi connectivity index (χ0v) is 17.1. The van der Waals surface area contributed by atoms with Crippen LogP contribution < -0.4 is 10.1 Å². The second-order valence-corrected chi connectivity index (χ2v) is 7.68. The lowest BCUT2D eigenvalue weighted by atomic mass is 10.2. The van der Waals surface area contributed by atoms with Gasteiger partial charge in [0.25, 0.3) is 0 Å². The molecule has 1 aromatic heterocycles. The highest BCUT2D eigenvalue weighted by atomic mass is 35.5. The quantitative estimate of drug-likeness (QED) is 0.414. The summed E-state index contributed by atoms with van der Waals surface area (Å²) < 4.78 is 7.46. The lowest BCUT2D eigenvalue weighted by Crippen LogP contribution is -2.16. The molecule has 0 fully saturated rings. The predicted octanol–water partition coefficient (Wildman–Crippen LogP) is 3.98. The number of benzene rings is 2. The highest BCUT2D eigenvalue weighted by Gasteiger charge is 2.04. The third kappa shape index (κ3) is 6.10. The first-order valence-corrected chi connectivity index (χ1v) is 10.1. The Bertz CT molecular complexity index is 872. The fourth-order valence-electron chi connectivity index (χ4n) is 2.29. The smallest absolute Gasteiger partial charge is 0.209 e. The van der Waals surface area contributed by atoms with Gasteiger partial charge in [-0.15, -0.1) is 5.10 Å². The van der Waals surface area contributed by atoms with E-state index in [2.05, 4.69) is 20.8 Å². The molecule has 0 unspecified atom stereocenters. The molecule has 0 saturated carbocycles. The van der Waals surface area contributed by atoms with Crippen LogP contribution in [0.15, 0.2) is 47.6 Å². The van der Waals surface area contributed by atoms with Gasteiger partial charge in [-0.3, -0.25) is 0 Å². The summed E-state index contributed by atoms with van der Waals surface area (Å²) in [6, 6.07) is 13.4. The summed E-state index contributed by atoms with van der Waals surface area (Å²) in [4.78, 5) is 0. The molecule has 2 aromatic carbocycles. The Morgan fingerprint density at radius 1 is 1.15 bits per heavy atom. The molecule has 3 rings (SSSR count). The Labute approximate surface area is 172 Å². The van der Waals surface area contributed by atoms with E-state index >= 15 is 0 Å². The number of hydrogen-bond donors (Lipinski definition) is 1. The molecule has 0 amide bonds. The number of aryl methyl sites for hydroxylation is 1. The molecule has 9 heteroatoms. The summed E-state index contributed by atoms with van der Waals surface area (Å²) in [5.41, 5.74) is 2.10. The van der Waals surface area contributed by atoms with Crippen molar-refractivity contribution < 1.29 is 4.74 Å². The number of nitrogens with zero attached hydrogens (tertiary/aromatic N) is 4. The Kier molecular flexibility index (Phi) is 7.34. The second kappa shape index (κ2) is 9.94. The van der Waals surface area contributed by atoms with E-state index < -0.39 is 0 Å². The van der Waals surface area contributed by atoms with Gasteiger partial charge in [-0.1, -0.05) is 53.2 Å². The van der Waals surface area contributed by atoms with E-state index in [0.717, 1.165) is 35.3 Å². The van der Waals surface area contributed by atoms with Gasteiger partial charge in [0.1, 0.15) is 12.4 Å². The Hall–Kier alpha value is -1.80. The molecule has 6 nitrogen and oxygen atoms in total. The van der Waals surface area contributed by atoms with E-state index in [1.54, 1.807) is 28.6 Å². The molecule has 0 aliphatic rings.